The van der Waals surface area contributed by atoms with Gasteiger partial charge in [-0.1, -0.05) is 44.2 Å². The Morgan fingerprint density at radius 3 is 2.32 bits per heavy atom. The van der Waals surface area contributed by atoms with Crippen LogP contribution in [0.3, 0.4) is 0 Å². The molecule has 1 N–H and O–H groups in total. The van der Waals surface area contributed by atoms with Gasteiger partial charge in [-0.05, 0) is 48.6 Å². The predicted octanol–water partition coefficient (Wildman–Crippen LogP) is 3.67. The van der Waals surface area contributed by atoms with Gasteiger partial charge in [-0.25, -0.2) is 0 Å². The van der Waals surface area contributed by atoms with E-state index in [1.54, 1.807) is 30.1 Å². The zero-order valence-electron chi connectivity index (χ0n) is 16.9. The van der Waals surface area contributed by atoms with E-state index in [1.165, 1.54) is 0 Å². The molecule has 2 amide bonds. The third kappa shape index (κ3) is 5.68. The number of carbonyl (C=O) groups excluding carboxylic acids is 2. The van der Waals surface area contributed by atoms with Gasteiger partial charge in [-0.15, -0.1) is 0 Å². The molecular formula is C23H27N3O2. The summed E-state index contributed by atoms with van der Waals surface area (Å²) in [6.45, 7) is 6.35. The molecule has 2 aromatic carbocycles. The van der Waals surface area contributed by atoms with Gasteiger partial charge in [0, 0.05) is 19.2 Å². The molecule has 0 saturated heterocycles. The van der Waals surface area contributed by atoms with E-state index in [2.05, 4.69) is 11.4 Å². The van der Waals surface area contributed by atoms with E-state index in [1.807, 2.05) is 51.1 Å². The average Bonchev–Trinajstić information content (AvgIpc) is 2.67. The monoisotopic (exact) mass is 377 g/mol. The summed E-state index contributed by atoms with van der Waals surface area (Å²) in [4.78, 5) is 27.3. The molecule has 0 aromatic heterocycles. The molecule has 5 nitrogen and oxygen atoms in total. The van der Waals surface area contributed by atoms with Gasteiger partial charge in [-0.2, -0.15) is 5.26 Å². The van der Waals surface area contributed by atoms with E-state index in [0.717, 1.165) is 11.1 Å². The van der Waals surface area contributed by atoms with Crippen LogP contribution in [0.2, 0.25) is 0 Å². The van der Waals surface area contributed by atoms with E-state index in [9.17, 15) is 9.59 Å². The maximum absolute atomic E-state index is 13.0. The Morgan fingerprint density at radius 1 is 1.11 bits per heavy atom. The van der Waals surface area contributed by atoms with Crippen molar-refractivity contribution >= 4 is 11.8 Å². The maximum Gasteiger partial charge on any atom is 0.252 e. The minimum absolute atomic E-state index is 0.125. The summed E-state index contributed by atoms with van der Waals surface area (Å²) in [5, 5.41) is 11.8. The molecule has 0 radical (unpaired) electrons. The van der Waals surface area contributed by atoms with Crippen LogP contribution in [0.25, 0.3) is 0 Å². The van der Waals surface area contributed by atoms with Crippen LogP contribution in [0, 0.1) is 24.2 Å². The molecule has 2 aromatic rings. The molecule has 2 rings (SSSR count). The first-order valence-corrected chi connectivity index (χ1v) is 9.42. The fourth-order valence-electron chi connectivity index (χ4n) is 3.06. The molecule has 0 bridgehead atoms. The molecule has 0 spiro atoms. The largest absolute Gasteiger partial charge is 0.340 e. The van der Waals surface area contributed by atoms with Gasteiger partial charge in [-0.3, -0.25) is 9.59 Å². The van der Waals surface area contributed by atoms with Crippen LogP contribution in [0.1, 0.15) is 47.3 Å². The van der Waals surface area contributed by atoms with E-state index in [0.29, 0.717) is 24.1 Å². The first-order chi connectivity index (χ1) is 13.3. The third-order valence-corrected chi connectivity index (χ3v) is 4.58. The van der Waals surface area contributed by atoms with Gasteiger partial charge in [0.1, 0.15) is 6.04 Å². The zero-order valence-corrected chi connectivity index (χ0v) is 16.9. The van der Waals surface area contributed by atoms with Gasteiger partial charge >= 0.3 is 0 Å². The number of aryl methyl sites for hydroxylation is 1. The summed E-state index contributed by atoms with van der Waals surface area (Å²) in [6.07, 6.45) is 0.564. The standard InChI is InChI=1S/C23H27N3O2/c1-16(2)13-21(25-22(27)20-8-6-5-7-17(20)3)23(28)26(4)15-19-11-9-18(14-24)10-12-19/h5-12,16,21H,13,15H2,1-4H3,(H,25,27). The molecule has 1 atom stereocenters. The Hall–Kier alpha value is -3.13. The molecule has 0 aliphatic heterocycles. The minimum atomic E-state index is -0.588. The number of hydrogen-bond donors (Lipinski definition) is 1. The Bertz CT molecular complexity index is 866. The topological polar surface area (TPSA) is 73.2 Å². The van der Waals surface area contributed by atoms with E-state index in [4.69, 9.17) is 5.26 Å². The number of nitriles is 1. The first-order valence-electron chi connectivity index (χ1n) is 9.42. The summed E-state index contributed by atoms with van der Waals surface area (Å²) >= 11 is 0. The quantitative estimate of drug-likeness (QED) is 0.800. The molecule has 146 valence electrons. The average molecular weight is 377 g/mol. The van der Waals surface area contributed by atoms with Crippen molar-refractivity contribution < 1.29 is 9.59 Å². The Labute approximate surface area is 167 Å². The number of rotatable bonds is 7. The second kappa shape index (κ2) is 9.70. The molecule has 28 heavy (non-hydrogen) atoms. The number of nitrogens with zero attached hydrogens (tertiary/aromatic N) is 2. The second-order valence-electron chi connectivity index (χ2n) is 7.47. The van der Waals surface area contributed by atoms with E-state index < -0.39 is 6.04 Å². The highest BCUT2D eigenvalue weighted by molar-refractivity contribution is 5.98. The Balaban J connectivity index is 2.12. The molecule has 5 heteroatoms. The third-order valence-electron chi connectivity index (χ3n) is 4.58. The minimum Gasteiger partial charge on any atom is -0.340 e. The van der Waals surface area contributed by atoms with Gasteiger partial charge in [0.2, 0.25) is 5.91 Å². The number of hydrogen-bond acceptors (Lipinski definition) is 3. The summed E-state index contributed by atoms with van der Waals surface area (Å²) in [6, 6.07) is 16.0. The zero-order chi connectivity index (χ0) is 20.7. The van der Waals surface area contributed by atoms with Crippen LogP contribution < -0.4 is 5.32 Å². The van der Waals surface area contributed by atoms with Crippen molar-refractivity contribution in [2.45, 2.75) is 39.8 Å². The van der Waals surface area contributed by atoms with Crippen LogP contribution in [-0.2, 0) is 11.3 Å². The number of amides is 2. The molecule has 0 heterocycles. The maximum atomic E-state index is 13.0. The van der Waals surface area contributed by atoms with Crippen molar-refractivity contribution in [2.24, 2.45) is 5.92 Å². The van der Waals surface area contributed by atoms with Gasteiger partial charge in [0.05, 0.1) is 11.6 Å². The van der Waals surface area contributed by atoms with Crippen LogP contribution in [0.4, 0.5) is 0 Å². The SMILES string of the molecule is Cc1ccccc1C(=O)NC(CC(C)C)C(=O)N(C)Cc1ccc(C#N)cc1. The van der Waals surface area contributed by atoms with Crippen LogP contribution in [0.5, 0.6) is 0 Å². The number of likely N-dealkylation sites (N-methyl/N-ethyl adjacent to an activating group) is 1. The van der Waals surface area contributed by atoms with Crippen molar-refractivity contribution in [3.8, 4) is 6.07 Å². The Morgan fingerprint density at radius 2 is 1.75 bits per heavy atom. The van der Waals surface area contributed by atoms with Gasteiger partial charge in [0.25, 0.3) is 5.91 Å². The highest BCUT2D eigenvalue weighted by atomic mass is 16.2. The van der Waals surface area contributed by atoms with Gasteiger partial charge in [0.15, 0.2) is 0 Å². The highest BCUT2D eigenvalue weighted by Gasteiger charge is 2.25. The molecule has 1 unspecified atom stereocenters. The van der Waals surface area contributed by atoms with Crippen LogP contribution in [-0.4, -0.2) is 29.8 Å². The van der Waals surface area contributed by atoms with E-state index in [-0.39, 0.29) is 17.7 Å². The number of nitrogens with one attached hydrogen (secondary N) is 1. The molecule has 0 aliphatic carbocycles. The second-order valence-corrected chi connectivity index (χ2v) is 7.47. The summed E-state index contributed by atoms with van der Waals surface area (Å²) in [7, 11) is 1.73. The van der Waals surface area contributed by atoms with Crippen molar-refractivity contribution in [3.63, 3.8) is 0 Å². The van der Waals surface area contributed by atoms with Crippen molar-refractivity contribution in [3.05, 3.63) is 70.8 Å². The summed E-state index contributed by atoms with van der Waals surface area (Å²) in [5.41, 5.74) is 2.98. The van der Waals surface area contributed by atoms with Crippen LogP contribution in [0.15, 0.2) is 48.5 Å². The first kappa shape index (κ1) is 21.2. The predicted molar refractivity (Wildman–Crippen MR) is 110 cm³/mol. The van der Waals surface area contributed by atoms with Crippen molar-refractivity contribution in [1.29, 1.82) is 5.26 Å². The molecule has 0 fully saturated rings. The Kier molecular flexibility index (Phi) is 7.34. The number of carbonyl (C=O) groups is 2. The smallest absolute Gasteiger partial charge is 0.252 e. The number of benzene rings is 2. The lowest BCUT2D eigenvalue weighted by Gasteiger charge is -2.26. The van der Waals surface area contributed by atoms with Crippen LogP contribution >= 0.6 is 0 Å². The lowest BCUT2D eigenvalue weighted by atomic mass is 10.0. The lowest BCUT2D eigenvalue weighted by Crippen LogP contribution is -2.47. The lowest BCUT2D eigenvalue weighted by molar-refractivity contribution is -0.132. The fraction of sp³-hybridized carbons (Fsp3) is 0.348. The van der Waals surface area contributed by atoms with Crippen molar-refractivity contribution in [1.82, 2.24) is 10.2 Å². The summed E-state index contributed by atoms with van der Waals surface area (Å²) in [5.74, 6) is -0.0988. The van der Waals surface area contributed by atoms with E-state index >= 15 is 0 Å². The van der Waals surface area contributed by atoms with Gasteiger partial charge < -0.3 is 10.2 Å². The molecular weight excluding hydrogens is 350 g/mol. The van der Waals surface area contributed by atoms with Crippen molar-refractivity contribution in [2.75, 3.05) is 7.05 Å². The molecule has 0 aliphatic rings. The molecule has 0 saturated carbocycles. The fourth-order valence-corrected chi connectivity index (χ4v) is 3.06. The normalized spacial score (nSPS) is 11.6. The highest BCUT2D eigenvalue weighted by Crippen LogP contribution is 2.13. The summed E-state index contributed by atoms with van der Waals surface area (Å²) < 4.78 is 0.